The summed E-state index contributed by atoms with van der Waals surface area (Å²) in [7, 11) is 0. The van der Waals surface area contributed by atoms with E-state index >= 15 is 0 Å². The van der Waals surface area contributed by atoms with Gasteiger partial charge in [-0.3, -0.25) is 14.2 Å². The summed E-state index contributed by atoms with van der Waals surface area (Å²) in [6.07, 6.45) is 8.76. The summed E-state index contributed by atoms with van der Waals surface area (Å²) in [5.41, 5.74) is 1.24. The second-order valence-electron chi connectivity index (χ2n) is 9.11. The van der Waals surface area contributed by atoms with Crippen molar-refractivity contribution in [3.8, 4) is 5.69 Å². The molecule has 0 bridgehead atoms. The van der Waals surface area contributed by atoms with Gasteiger partial charge in [0, 0.05) is 24.3 Å². The number of hydrogen-bond acceptors (Lipinski definition) is 6. The third kappa shape index (κ3) is 3.94. The topological polar surface area (TPSA) is 111 Å². The van der Waals surface area contributed by atoms with Crippen molar-refractivity contribution in [3.05, 3.63) is 88.6 Å². The van der Waals surface area contributed by atoms with Gasteiger partial charge in [0.1, 0.15) is 11.7 Å². The Morgan fingerprint density at radius 2 is 1.83 bits per heavy atom. The first-order valence-electron chi connectivity index (χ1n) is 11.5. The Morgan fingerprint density at radius 1 is 1.06 bits per heavy atom. The van der Waals surface area contributed by atoms with Crippen LogP contribution in [0.25, 0.3) is 22.2 Å². The summed E-state index contributed by atoms with van der Waals surface area (Å²) in [4.78, 5) is 36.4. The lowest BCUT2D eigenvalue weighted by atomic mass is 9.91. The van der Waals surface area contributed by atoms with Crippen LogP contribution in [0, 0.1) is 0 Å². The minimum Gasteiger partial charge on any atom is -0.388 e. The van der Waals surface area contributed by atoms with Crippen molar-refractivity contribution in [1.82, 2.24) is 33.6 Å². The van der Waals surface area contributed by atoms with Crippen molar-refractivity contribution in [2.24, 2.45) is 0 Å². The average Bonchev–Trinajstić information content (AvgIpc) is 3.53. The Balaban J connectivity index is 1.18. The number of piperidine rings is 1. The molecule has 0 unspecified atom stereocenters. The van der Waals surface area contributed by atoms with E-state index in [1.807, 2.05) is 6.07 Å². The molecule has 1 fully saturated rings. The fourth-order valence-electron chi connectivity index (χ4n) is 4.66. The standard InChI is InChI=1S/C25H22ClN7O3/c26-18-2-5-19(6-3-18)33-22-21(12-29-33)24(35)32(16-28-22)14-25(36)7-9-30(10-8-25)23(34)17-1-4-20-11-27-15-31(20)13-17/h1-6,11-13,15-16,36H,7-10,14H2. The number of imidazole rings is 1. The molecule has 5 heterocycles. The molecular formula is C25H22ClN7O3. The molecule has 182 valence electrons. The maximum absolute atomic E-state index is 13.2. The van der Waals surface area contributed by atoms with Crippen molar-refractivity contribution in [1.29, 1.82) is 0 Å². The van der Waals surface area contributed by atoms with E-state index in [4.69, 9.17) is 11.6 Å². The summed E-state index contributed by atoms with van der Waals surface area (Å²) in [6, 6.07) is 10.7. The van der Waals surface area contributed by atoms with Crippen LogP contribution in [-0.4, -0.2) is 63.3 Å². The van der Waals surface area contributed by atoms with Crippen molar-refractivity contribution in [2.75, 3.05) is 13.1 Å². The molecule has 4 aromatic heterocycles. The number of carbonyl (C=O) groups excluding carboxylic acids is 1. The van der Waals surface area contributed by atoms with Crippen LogP contribution in [0.4, 0.5) is 0 Å². The van der Waals surface area contributed by atoms with Crippen LogP contribution in [0.2, 0.25) is 5.02 Å². The number of amides is 1. The van der Waals surface area contributed by atoms with Gasteiger partial charge < -0.3 is 14.4 Å². The highest BCUT2D eigenvalue weighted by Gasteiger charge is 2.35. The van der Waals surface area contributed by atoms with Gasteiger partial charge >= 0.3 is 0 Å². The number of pyridine rings is 1. The first kappa shape index (κ1) is 22.4. The van der Waals surface area contributed by atoms with E-state index in [-0.39, 0.29) is 18.0 Å². The lowest BCUT2D eigenvalue weighted by Gasteiger charge is -2.38. The molecule has 6 rings (SSSR count). The fraction of sp³-hybridized carbons (Fsp3) is 0.240. The number of aliphatic hydroxyl groups is 1. The maximum atomic E-state index is 13.2. The number of likely N-dealkylation sites (tertiary alicyclic amines) is 1. The summed E-state index contributed by atoms with van der Waals surface area (Å²) in [5.74, 6) is -0.0949. The number of fused-ring (bicyclic) bond motifs is 2. The maximum Gasteiger partial charge on any atom is 0.264 e. The molecular weight excluding hydrogens is 482 g/mol. The Morgan fingerprint density at radius 3 is 2.61 bits per heavy atom. The van der Waals surface area contributed by atoms with Crippen LogP contribution in [0.5, 0.6) is 0 Å². The molecule has 5 aromatic rings. The molecule has 0 spiro atoms. The lowest BCUT2D eigenvalue weighted by Crippen LogP contribution is -2.49. The minimum atomic E-state index is -1.13. The quantitative estimate of drug-likeness (QED) is 0.403. The highest BCUT2D eigenvalue weighted by atomic mass is 35.5. The molecule has 1 aliphatic rings. The van der Waals surface area contributed by atoms with E-state index in [0.717, 1.165) is 11.2 Å². The normalized spacial score (nSPS) is 15.6. The van der Waals surface area contributed by atoms with Gasteiger partial charge in [-0.05, 0) is 49.2 Å². The van der Waals surface area contributed by atoms with Crippen LogP contribution in [0.3, 0.4) is 0 Å². The predicted molar refractivity (Wildman–Crippen MR) is 133 cm³/mol. The van der Waals surface area contributed by atoms with E-state index in [0.29, 0.717) is 47.6 Å². The fourth-order valence-corrected chi connectivity index (χ4v) is 4.79. The third-order valence-corrected chi connectivity index (χ3v) is 6.98. The third-order valence-electron chi connectivity index (χ3n) is 6.73. The van der Waals surface area contributed by atoms with Gasteiger partial charge in [-0.25, -0.2) is 14.6 Å². The second-order valence-corrected chi connectivity index (χ2v) is 9.54. The Labute approximate surface area is 210 Å². The van der Waals surface area contributed by atoms with Gasteiger partial charge in [0.05, 0.1) is 47.6 Å². The monoisotopic (exact) mass is 503 g/mol. The highest BCUT2D eigenvalue weighted by Crippen LogP contribution is 2.25. The van der Waals surface area contributed by atoms with Gasteiger partial charge in [0.25, 0.3) is 11.5 Å². The van der Waals surface area contributed by atoms with Gasteiger partial charge in [0.2, 0.25) is 0 Å². The molecule has 1 N–H and O–H groups in total. The zero-order valence-corrected chi connectivity index (χ0v) is 19.9. The van der Waals surface area contributed by atoms with E-state index in [1.54, 1.807) is 63.0 Å². The Hall–Kier alpha value is -4.02. The number of carbonyl (C=O) groups is 1. The molecule has 1 aromatic carbocycles. The Bertz CT molecular complexity index is 1650. The van der Waals surface area contributed by atoms with E-state index in [2.05, 4.69) is 15.1 Å². The molecule has 10 nitrogen and oxygen atoms in total. The average molecular weight is 504 g/mol. The highest BCUT2D eigenvalue weighted by molar-refractivity contribution is 6.30. The van der Waals surface area contributed by atoms with E-state index in [1.165, 1.54) is 17.1 Å². The number of aromatic nitrogens is 6. The minimum absolute atomic E-state index is 0.0872. The first-order chi connectivity index (χ1) is 17.4. The van der Waals surface area contributed by atoms with Crippen molar-refractivity contribution < 1.29 is 9.90 Å². The number of benzene rings is 1. The van der Waals surface area contributed by atoms with Crippen molar-refractivity contribution in [2.45, 2.75) is 25.0 Å². The zero-order valence-electron chi connectivity index (χ0n) is 19.2. The smallest absolute Gasteiger partial charge is 0.264 e. The molecule has 0 aliphatic carbocycles. The first-order valence-corrected chi connectivity index (χ1v) is 11.9. The van der Waals surface area contributed by atoms with Gasteiger partial charge in [-0.15, -0.1) is 0 Å². The number of rotatable bonds is 4. The van der Waals surface area contributed by atoms with Gasteiger partial charge in [0.15, 0.2) is 5.65 Å². The second kappa shape index (κ2) is 8.58. The van der Waals surface area contributed by atoms with Crippen LogP contribution >= 0.6 is 11.6 Å². The van der Waals surface area contributed by atoms with Crippen LogP contribution in [0.1, 0.15) is 23.2 Å². The molecule has 0 saturated carbocycles. The molecule has 36 heavy (non-hydrogen) atoms. The van der Waals surface area contributed by atoms with E-state index in [9.17, 15) is 14.7 Å². The van der Waals surface area contributed by atoms with Crippen LogP contribution < -0.4 is 5.56 Å². The number of hydrogen-bond donors (Lipinski definition) is 1. The summed E-state index contributed by atoms with van der Waals surface area (Å²) >= 11 is 5.97. The summed E-state index contributed by atoms with van der Waals surface area (Å²) in [6.45, 7) is 0.858. The van der Waals surface area contributed by atoms with Crippen molar-refractivity contribution in [3.63, 3.8) is 0 Å². The molecule has 11 heteroatoms. The molecule has 1 amide bonds. The zero-order chi connectivity index (χ0) is 24.9. The predicted octanol–water partition coefficient (Wildman–Crippen LogP) is 2.55. The largest absolute Gasteiger partial charge is 0.388 e. The molecule has 1 aliphatic heterocycles. The van der Waals surface area contributed by atoms with Crippen LogP contribution in [0.15, 0.2) is 72.4 Å². The van der Waals surface area contributed by atoms with Crippen molar-refractivity contribution >= 4 is 34.1 Å². The van der Waals surface area contributed by atoms with Crippen LogP contribution in [-0.2, 0) is 6.54 Å². The number of nitrogens with zero attached hydrogens (tertiary/aromatic N) is 7. The lowest BCUT2D eigenvalue weighted by molar-refractivity contribution is -0.0299. The van der Waals surface area contributed by atoms with Gasteiger partial charge in [-0.1, -0.05) is 11.6 Å². The summed E-state index contributed by atoms with van der Waals surface area (Å²) < 4.78 is 4.80. The van der Waals surface area contributed by atoms with Gasteiger partial charge in [-0.2, -0.15) is 5.10 Å². The molecule has 0 radical (unpaired) electrons. The summed E-state index contributed by atoms with van der Waals surface area (Å²) in [5, 5.41) is 16.5. The Kier molecular flexibility index (Phi) is 5.35. The molecule has 1 saturated heterocycles. The molecule has 0 atom stereocenters. The number of halogens is 1. The SMILES string of the molecule is O=C(c1ccc2cncn2c1)N1CCC(O)(Cn2cnc3c(cnn3-c3ccc(Cl)cc3)c2=O)CC1. The van der Waals surface area contributed by atoms with E-state index < -0.39 is 5.60 Å².